The Morgan fingerprint density at radius 3 is 2.52 bits per heavy atom. The summed E-state index contributed by atoms with van der Waals surface area (Å²) in [5, 5.41) is 0. The van der Waals surface area contributed by atoms with Gasteiger partial charge in [-0.15, -0.1) is 0 Å². The highest BCUT2D eigenvalue weighted by Crippen LogP contribution is 2.23. The summed E-state index contributed by atoms with van der Waals surface area (Å²) in [5.41, 5.74) is 7.24. The van der Waals surface area contributed by atoms with E-state index in [-0.39, 0.29) is 0 Å². The third kappa shape index (κ3) is 2.42. The molecule has 0 spiro atoms. The molecule has 0 atom stereocenters. The van der Waals surface area contributed by atoms with Crippen molar-refractivity contribution in [3.8, 4) is 11.3 Å². The van der Waals surface area contributed by atoms with Gasteiger partial charge in [0.2, 0.25) is 11.2 Å². The Kier molecular flexibility index (Phi) is 3.46. The van der Waals surface area contributed by atoms with E-state index in [4.69, 9.17) is 0 Å². The molecule has 0 N–H and O–H groups in total. The van der Waals surface area contributed by atoms with Gasteiger partial charge in [0.15, 0.2) is 0 Å². The van der Waals surface area contributed by atoms with Crippen LogP contribution in [-0.4, -0.2) is 4.98 Å². The van der Waals surface area contributed by atoms with Crippen molar-refractivity contribution in [2.24, 2.45) is 7.05 Å². The van der Waals surface area contributed by atoms with Gasteiger partial charge in [-0.1, -0.05) is 38.1 Å². The second-order valence-corrected chi connectivity index (χ2v) is 5.92. The van der Waals surface area contributed by atoms with Crippen molar-refractivity contribution in [3.63, 3.8) is 0 Å². The van der Waals surface area contributed by atoms with Crippen molar-refractivity contribution in [3.05, 3.63) is 59.8 Å². The fourth-order valence-corrected chi connectivity index (χ4v) is 2.73. The Labute approximate surface area is 126 Å². The molecule has 0 aliphatic heterocycles. The zero-order chi connectivity index (χ0) is 15.0. The molecule has 2 nitrogen and oxygen atoms in total. The fourth-order valence-electron chi connectivity index (χ4n) is 2.73. The van der Waals surface area contributed by atoms with Crippen LogP contribution in [-0.2, 0) is 7.05 Å². The van der Waals surface area contributed by atoms with Crippen LogP contribution < -0.4 is 4.57 Å². The van der Waals surface area contributed by atoms with Crippen LogP contribution >= 0.6 is 0 Å². The minimum Gasteiger partial charge on any atom is -0.243 e. The molecule has 0 aliphatic carbocycles. The molecule has 3 rings (SSSR count). The van der Waals surface area contributed by atoms with Gasteiger partial charge in [0, 0.05) is 6.07 Å². The molecule has 0 aliphatic rings. The van der Waals surface area contributed by atoms with Crippen LogP contribution in [0.1, 0.15) is 30.9 Å². The number of aryl methyl sites for hydroxylation is 2. The highest BCUT2D eigenvalue weighted by atomic mass is 15.0. The molecule has 1 heterocycles. The first kappa shape index (κ1) is 13.7. The van der Waals surface area contributed by atoms with E-state index in [9.17, 15) is 0 Å². The van der Waals surface area contributed by atoms with Crippen LogP contribution in [0, 0.1) is 6.92 Å². The molecule has 0 saturated heterocycles. The highest BCUT2D eigenvalue weighted by Gasteiger charge is 2.17. The lowest BCUT2D eigenvalue weighted by atomic mass is 10.0. The lowest BCUT2D eigenvalue weighted by molar-refractivity contribution is -0.634. The van der Waals surface area contributed by atoms with Crippen LogP contribution in [0.3, 0.4) is 0 Å². The Morgan fingerprint density at radius 1 is 1.05 bits per heavy atom. The summed E-state index contributed by atoms with van der Waals surface area (Å²) < 4.78 is 2.25. The van der Waals surface area contributed by atoms with Gasteiger partial charge in [0.1, 0.15) is 18.8 Å². The van der Waals surface area contributed by atoms with Gasteiger partial charge in [-0.3, -0.25) is 0 Å². The summed E-state index contributed by atoms with van der Waals surface area (Å²) in [6.45, 7) is 6.59. The summed E-state index contributed by atoms with van der Waals surface area (Å²) >= 11 is 0. The maximum Gasteiger partial charge on any atom is 0.231 e. The molecule has 0 unspecified atom stereocenters. The SMILES string of the molecule is Cc1ccccc1-c1cnc2ccc(C(C)C)cc2[n+]1C. The third-order valence-electron chi connectivity index (χ3n) is 4.14. The van der Waals surface area contributed by atoms with Gasteiger partial charge in [0.05, 0.1) is 5.56 Å². The zero-order valence-corrected chi connectivity index (χ0v) is 13.1. The summed E-state index contributed by atoms with van der Waals surface area (Å²) in [5.74, 6) is 0.525. The van der Waals surface area contributed by atoms with Crippen molar-refractivity contribution >= 4 is 11.0 Å². The number of fused-ring (bicyclic) bond motifs is 1. The van der Waals surface area contributed by atoms with Gasteiger partial charge >= 0.3 is 0 Å². The highest BCUT2D eigenvalue weighted by molar-refractivity contribution is 5.74. The lowest BCUT2D eigenvalue weighted by Crippen LogP contribution is -2.32. The van der Waals surface area contributed by atoms with E-state index in [0.717, 1.165) is 11.2 Å². The van der Waals surface area contributed by atoms with Gasteiger partial charge in [-0.05, 0) is 36.1 Å². The van der Waals surface area contributed by atoms with Crippen molar-refractivity contribution < 1.29 is 4.57 Å². The number of rotatable bonds is 2. The molecule has 0 amide bonds. The Balaban J connectivity index is 2.26. The molecule has 0 bridgehead atoms. The van der Waals surface area contributed by atoms with E-state index in [1.165, 1.54) is 22.2 Å². The molecule has 2 aromatic carbocycles. The first-order chi connectivity index (χ1) is 10.1. The number of nitrogens with zero attached hydrogens (tertiary/aromatic N) is 2. The molecular weight excluding hydrogens is 256 g/mol. The summed E-state index contributed by atoms with van der Waals surface area (Å²) in [6.07, 6.45) is 1.97. The van der Waals surface area contributed by atoms with Crippen LogP contribution in [0.25, 0.3) is 22.3 Å². The zero-order valence-electron chi connectivity index (χ0n) is 13.1. The second-order valence-electron chi connectivity index (χ2n) is 5.92. The van der Waals surface area contributed by atoms with E-state index < -0.39 is 0 Å². The average molecular weight is 277 g/mol. The van der Waals surface area contributed by atoms with Crippen molar-refractivity contribution in [1.29, 1.82) is 0 Å². The minimum atomic E-state index is 0.525. The lowest BCUT2D eigenvalue weighted by Gasteiger charge is -2.08. The molecule has 106 valence electrons. The molecule has 2 heteroatoms. The van der Waals surface area contributed by atoms with E-state index >= 15 is 0 Å². The number of hydrogen-bond acceptors (Lipinski definition) is 1. The van der Waals surface area contributed by atoms with E-state index in [2.05, 4.69) is 79.8 Å². The maximum absolute atomic E-state index is 4.64. The fraction of sp³-hybridized carbons (Fsp3) is 0.263. The summed E-state index contributed by atoms with van der Waals surface area (Å²) in [4.78, 5) is 4.64. The minimum absolute atomic E-state index is 0.525. The number of benzene rings is 2. The van der Waals surface area contributed by atoms with E-state index in [1.54, 1.807) is 0 Å². The monoisotopic (exact) mass is 277 g/mol. The first-order valence-corrected chi connectivity index (χ1v) is 7.42. The number of hydrogen-bond donors (Lipinski definition) is 0. The molecule has 21 heavy (non-hydrogen) atoms. The molecule has 0 fully saturated rings. The molecular formula is C19H21N2+. The van der Waals surface area contributed by atoms with Gasteiger partial charge < -0.3 is 0 Å². The Hall–Kier alpha value is -2.22. The third-order valence-corrected chi connectivity index (χ3v) is 4.14. The quantitative estimate of drug-likeness (QED) is 0.643. The molecule has 1 aromatic heterocycles. The predicted octanol–water partition coefficient (Wildman–Crippen LogP) is 4.16. The Bertz CT molecular complexity index is 804. The standard InChI is InChI=1S/C19H21N2/c1-13(2)15-9-10-17-18(11-15)21(4)19(12-20-17)16-8-6-5-7-14(16)3/h5-13H,1-4H3/q+1. The first-order valence-electron chi connectivity index (χ1n) is 7.42. The van der Waals surface area contributed by atoms with Gasteiger partial charge in [-0.25, -0.2) is 4.98 Å². The second kappa shape index (κ2) is 5.28. The summed E-state index contributed by atoms with van der Waals surface area (Å²) in [7, 11) is 2.12. The normalized spacial score (nSPS) is 11.3. The van der Waals surface area contributed by atoms with Crippen molar-refractivity contribution in [1.82, 2.24) is 4.98 Å². The molecule has 3 aromatic rings. The largest absolute Gasteiger partial charge is 0.243 e. The Morgan fingerprint density at radius 2 is 1.81 bits per heavy atom. The van der Waals surface area contributed by atoms with Crippen molar-refractivity contribution in [2.45, 2.75) is 26.7 Å². The molecule has 0 radical (unpaired) electrons. The van der Waals surface area contributed by atoms with Crippen LogP contribution in [0.2, 0.25) is 0 Å². The topological polar surface area (TPSA) is 16.8 Å². The van der Waals surface area contributed by atoms with Crippen molar-refractivity contribution in [2.75, 3.05) is 0 Å². The van der Waals surface area contributed by atoms with Crippen LogP contribution in [0.15, 0.2) is 48.7 Å². The van der Waals surface area contributed by atoms with Crippen LogP contribution in [0.4, 0.5) is 0 Å². The van der Waals surface area contributed by atoms with Gasteiger partial charge in [0.25, 0.3) is 0 Å². The van der Waals surface area contributed by atoms with Crippen LogP contribution in [0.5, 0.6) is 0 Å². The van der Waals surface area contributed by atoms with E-state index in [1.807, 2.05) is 6.20 Å². The predicted molar refractivity (Wildman–Crippen MR) is 87.2 cm³/mol. The average Bonchev–Trinajstić information content (AvgIpc) is 2.48. The van der Waals surface area contributed by atoms with E-state index in [0.29, 0.717) is 5.92 Å². The number of aromatic nitrogens is 2. The van der Waals surface area contributed by atoms with Gasteiger partial charge in [-0.2, -0.15) is 4.57 Å². The summed E-state index contributed by atoms with van der Waals surface area (Å²) in [6, 6.07) is 15.0. The maximum atomic E-state index is 4.64. The smallest absolute Gasteiger partial charge is 0.231 e. The molecule has 0 saturated carbocycles.